The Kier molecular flexibility index (Phi) is 4.13. The van der Waals surface area contributed by atoms with E-state index in [0.29, 0.717) is 0 Å². The number of nitrogens with one attached hydrogen (secondary N) is 1. The van der Waals surface area contributed by atoms with Crippen LogP contribution in [-0.2, 0) is 0 Å². The summed E-state index contributed by atoms with van der Waals surface area (Å²) < 4.78 is 0. The van der Waals surface area contributed by atoms with E-state index in [1.807, 2.05) is 0 Å². The van der Waals surface area contributed by atoms with E-state index in [1.165, 1.54) is 0 Å². The molecule has 1 N–H and O–H groups in total. The third-order valence-corrected chi connectivity index (χ3v) is 1.81. The van der Waals surface area contributed by atoms with Gasteiger partial charge in [0.2, 0.25) is 0 Å². The third-order valence-electron chi connectivity index (χ3n) is 0.816. The SMILES string of the molecule is CN(C)CN[SiH](C)C. The highest BCUT2D eigenvalue weighted by molar-refractivity contribution is 6.52. The molecule has 0 atom stereocenters. The lowest BCUT2D eigenvalue weighted by molar-refractivity contribution is 0.403. The summed E-state index contributed by atoms with van der Waals surface area (Å²) in [5, 5.41) is 0. The first-order valence-electron chi connectivity index (χ1n) is 3.01. The quantitative estimate of drug-likeness (QED) is 0.432. The molecule has 50 valence electrons. The van der Waals surface area contributed by atoms with E-state index in [9.17, 15) is 0 Å². The van der Waals surface area contributed by atoms with Crippen molar-refractivity contribution in [1.29, 1.82) is 0 Å². The van der Waals surface area contributed by atoms with Crippen LogP contribution in [0.1, 0.15) is 0 Å². The van der Waals surface area contributed by atoms with Crippen molar-refractivity contribution in [3.05, 3.63) is 0 Å². The zero-order valence-corrected chi connectivity index (χ0v) is 7.39. The van der Waals surface area contributed by atoms with Gasteiger partial charge in [-0.1, -0.05) is 13.1 Å². The minimum absolute atomic E-state index is 0.518. The van der Waals surface area contributed by atoms with E-state index in [0.717, 1.165) is 6.67 Å². The second-order valence-corrected chi connectivity index (χ2v) is 5.31. The van der Waals surface area contributed by atoms with Crippen molar-refractivity contribution < 1.29 is 0 Å². The molecule has 0 aliphatic rings. The van der Waals surface area contributed by atoms with Gasteiger partial charge in [0.25, 0.3) is 0 Å². The normalized spacial score (nSPS) is 11.2. The van der Waals surface area contributed by atoms with Crippen LogP contribution in [0, 0.1) is 0 Å². The number of rotatable bonds is 3. The number of nitrogens with zero attached hydrogens (tertiary/aromatic N) is 1. The highest BCUT2D eigenvalue weighted by Gasteiger charge is 1.92. The Hall–Kier alpha value is 0.137. The summed E-state index contributed by atoms with van der Waals surface area (Å²) in [4.78, 5) is 5.56. The Morgan fingerprint density at radius 1 is 1.38 bits per heavy atom. The Labute approximate surface area is 53.6 Å². The van der Waals surface area contributed by atoms with Crippen LogP contribution >= 0.6 is 0 Å². The molecule has 0 unspecified atom stereocenters. The lowest BCUT2D eigenvalue weighted by Gasteiger charge is -2.12. The fourth-order valence-electron chi connectivity index (χ4n) is 0.365. The molecule has 0 aliphatic carbocycles. The molecule has 8 heavy (non-hydrogen) atoms. The predicted molar refractivity (Wildman–Crippen MR) is 40.6 cm³/mol. The van der Waals surface area contributed by atoms with Gasteiger partial charge in [-0.2, -0.15) is 0 Å². The summed E-state index contributed by atoms with van der Waals surface area (Å²) in [5.74, 6) is 0. The van der Waals surface area contributed by atoms with Gasteiger partial charge < -0.3 is 4.98 Å². The Bertz CT molecular complexity index is 46.4. The van der Waals surface area contributed by atoms with Crippen LogP contribution in [0.3, 0.4) is 0 Å². The first-order valence-corrected chi connectivity index (χ1v) is 5.89. The molecule has 3 heteroatoms. The van der Waals surface area contributed by atoms with Gasteiger partial charge in [0.05, 0.1) is 0 Å². The van der Waals surface area contributed by atoms with Crippen LogP contribution in [0.5, 0.6) is 0 Å². The van der Waals surface area contributed by atoms with E-state index >= 15 is 0 Å². The molecule has 0 aromatic carbocycles. The van der Waals surface area contributed by atoms with Gasteiger partial charge in [0, 0.05) is 6.67 Å². The topological polar surface area (TPSA) is 15.3 Å². The summed E-state index contributed by atoms with van der Waals surface area (Å²) in [6.07, 6.45) is 0. The Morgan fingerprint density at radius 2 is 1.88 bits per heavy atom. The fraction of sp³-hybridized carbons (Fsp3) is 1.00. The van der Waals surface area contributed by atoms with Gasteiger partial charge in [0.1, 0.15) is 8.96 Å². The molecule has 0 fully saturated rings. The molecule has 0 spiro atoms. The van der Waals surface area contributed by atoms with E-state index in [1.54, 1.807) is 0 Å². The summed E-state index contributed by atoms with van der Waals surface area (Å²) in [7, 11) is 3.63. The van der Waals surface area contributed by atoms with Crippen LogP contribution in [-0.4, -0.2) is 34.6 Å². The smallest absolute Gasteiger partial charge is 0.103 e. The van der Waals surface area contributed by atoms with E-state index in [4.69, 9.17) is 0 Å². The van der Waals surface area contributed by atoms with E-state index in [-0.39, 0.29) is 0 Å². The van der Waals surface area contributed by atoms with Crippen LogP contribution in [0.15, 0.2) is 0 Å². The molecule has 0 aliphatic heterocycles. The molecule has 0 rings (SSSR count). The highest BCUT2D eigenvalue weighted by atomic mass is 28.3. The third kappa shape index (κ3) is 6.14. The largest absolute Gasteiger partial charge is 0.328 e. The molecular weight excluding hydrogens is 116 g/mol. The van der Waals surface area contributed by atoms with Gasteiger partial charge in [-0.3, -0.25) is 4.90 Å². The maximum absolute atomic E-state index is 3.41. The molecule has 0 bridgehead atoms. The van der Waals surface area contributed by atoms with Crippen molar-refractivity contribution in [1.82, 2.24) is 9.88 Å². The molecule has 0 aromatic heterocycles. The second kappa shape index (κ2) is 4.06. The summed E-state index contributed by atoms with van der Waals surface area (Å²) >= 11 is 0. The second-order valence-electron chi connectivity index (χ2n) is 2.60. The van der Waals surface area contributed by atoms with E-state index in [2.05, 4.69) is 37.1 Å². The first-order chi connectivity index (χ1) is 3.63. The van der Waals surface area contributed by atoms with Crippen molar-refractivity contribution >= 4 is 8.96 Å². The minimum atomic E-state index is -0.518. The molecule has 0 radical (unpaired) electrons. The van der Waals surface area contributed by atoms with Crippen molar-refractivity contribution in [2.24, 2.45) is 0 Å². The molecular formula is C5H16N2Si. The van der Waals surface area contributed by atoms with Crippen molar-refractivity contribution in [3.63, 3.8) is 0 Å². The lowest BCUT2D eigenvalue weighted by atomic mass is 10.9. The summed E-state index contributed by atoms with van der Waals surface area (Å²) in [6.45, 7) is 5.59. The van der Waals surface area contributed by atoms with Gasteiger partial charge in [0.15, 0.2) is 0 Å². The van der Waals surface area contributed by atoms with Crippen LogP contribution in [0.4, 0.5) is 0 Å². The lowest BCUT2D eigenvalue weighted by Crippen LogP contribution is -2.35. The van der Waals surface area contributed by atoms with Gasteiger partial charge in [-0.25, -0.2) is 0 Å². The standard InChI is InChI=1S/C5H16N2Si/c1-7(2)5-6-8(3)4/h6,8H,5H2,1-4H3. The average Bonchev–Trinajstić information content (AvgIpc) is 1.61. The molecule has 0 saturated carbocycles. The maximum atomic E-state index is 3.41. The monoisotopic (exact) mass is 132 g/mol. The molecule has 0 amide bonds. The van der Waals surface area contributed by atoms with Crippen molar-refractivity contribution in [3.8, 4) is 0 Å². The summed E-state index contributed by atoms with van der Waals surface area (Å²) in [5.41, 5.74) is 0. The van der Waals surface area contributed by atoms with E-state index < -0.39 is 8.96 Å². The van der Waals surface area contributed by atoms with Crippen LogP contribution in [0.25, 0.3) is 0 Å². The van der Waals surface area contributed by atoms with Gasteiger partial charge in [-0.15, -0.1) is 0 Å². The van der Waals surface area contributed by atoms with Crippen molar-refractivity contribution in [2.75, 3.05) is 20.8 Å². The first kappa shape index (κ1) is 8.14. The molecule has 2 nitrogen and oxygen atoms in total. The summed E-state index contributed by atoms with van der Waals surface area (Å²) in [6, 6.07) is 0. The Balaban J connectivity index is 2.93. The number of hydrogen-bond donors (Lipinski definition) is 1. The average molecular weight is 132 g/mol. The molecule has 0 saturated heterocycles. The highest BCUT2D eigenvalue weighted by Crippen LogP contribution is 1.72. The zero-order chi connectivity index (χ0) is 6.57. The zero-order valence-electron chi connectivity index (χ0n) is 6.23. The molecule has 0 heterocycles. The van der Waals surface area contributed by atoms with Gasteiger partial charge in [-0.05, 0) is 14.1 Å². The van der Waals surface area contributed by atoms with Crippen molar-refractivity contribution in [2.45, 2.75) is 13.1 Å². The van der Waals surface area contributed by atoms with Crippen LogP contribution < -0.4 is 4.98 Å². The predicted octanol–water partition coefficient (Wildman–Crippen LogP) is 0.0785. The number of hydrogen-bond acceptors (Lipinski definition) is 2. The van der Waals surface area contributed by atoms with Gasteiger partial charge >= 0.3 is 0 Å². The minimum Gasteiger partial charge on any atom is -0.328 e. The van der Waals surface area contributed by atoms with Crippen LogP contribution in [0.2, 0.25) is 13.1 Å². The molecule has 0 aromatic rings. The fourth-order valence-corrected chi connectivity index (χ4v) is 1.10. The maximum Gasteiger partial charge on any atom is 0.103 e. The Morgan fingerprint density at radius 3 is 2.00 bits per heavy atom.